The zero-order chi connectivity index (χ0) is 24.0. The van der Waals surface area contributed by atoms with Crippen LogP contribution in [0.1, 0.15) is 5.56 Å². The molecular weight excluding hydrogens is 436 g/mol. The molecule has 172 valence electrons. The molecule has 1 atom stereocenters. The van der Waals surface area contributed by atoms with Gasteiger partial charge in [-0.3, -0.25) is 9.98 Å². The molecule has 8 heteroatoms. The van der Waals surface area contributed by atoms with Gasteiger partial charge in [-0.1, -0.05) is 91.0 Å². The number of nitrogens with two attached hydrogens (primary N) is 1. The van der Waals surface area contributed by atoms with Crippen LogP contribution in [0.3, 0.4) is 0 Å². The highest BCUT2D eigenvalue weighted by Crippen LogP contribution is 2.27. The van der Waals surface area contributed by atoms with Crippen molar-refractivity contribution in [2.75, 3.05) is 11.6 Å². The fraction of sp³-hybridized carbons (Fsp3) is 0.0370. The van der Waals surface area contributed by atoms with Crippen molar-refractivity contribution in [1.29, 1.82) is 5.41 Å². The number of nitrogens with one attached hydrogen (secondary N) is 2. The van der Waals surface area contributed by atoms with Crippen LogP contribution < -0.4 is 15.6 Å². The summed E-state index contributed by atoms with van der Waals surface area (Å²) in [5, 5.41) is 8.83. The van der Waals surface area contributed by atoms with E-state index in [1.54, 1.807) is 6.20 Å². The molecule has 1 aromatic heterocycles. The largest absolute Gasteiger partial charge is 0.383 e. The number of aliphatic imine (C=N–C) groups is 2. The number of amidine groups is 1. The van der Waals surface area contributed by atoms with Gasteiger partial charge in [-0.25, -0.2) is 10.4 Å². The molecule has 35 heavy (non-hydrogen) atoms. The molecule has 0 saturated carbocycles. The first-order chi connectivity index (χ1) is 17.2. The summed E-state index contributed by atoms with van der Waals surface area (Å²) in [6.45, 7) is 0.164. The number of nitrogens with zero attached hydrogens (tertiary/aromatic N) is 5. The van der Waals surface area contributed by atoms with E-state index in [2.05, 4.69) is 20.4 Å². The van der Waals surface area contributed by atoms with Crippen molar-refractivity contribution in [3.8, 4) is 11.3 Å². The first-order valence-electron chi connectivity index (χ1n) is 11.2. The number of anilines is 2. The summed E-state index contributed by atoms with van der Waals surface area (Å²) in [6, 6.07) is 33.3. The SMILES string of the molecule is N=C1N=C(N(c2ccccc2)c2ccccc2)[N-][NH+]1CN=C(N)c1ccc(-c2ccccn2)cc1. The van der Waals surface area contributed by atoms with Crippen LogP contribution in [0, 0.1) is 5.41 Å². The Bertz CT molecular complexity index is 1310. The predicted molar refractivity (Wildman–Crippen MR) is 140 cm³/mol. The molecule has 2 heterocycles. The summed E-state index contributed by atoms with van der Waals surface area (Å²) in [6.07, 6.45) is 1.77. The van der Waals surface area contributed by atoms with E-state index in [1.165, 1.54) is 0 Å². The van der Waals surface area contributed by atoms with E-state index in [9.17, 15) is 0 Å². The summed E-state index contributed by atoms with van der Waals surface area (Å²) in [4.78, 5) is 15.2. The Morgan fingerprint density at radius 1 is 0.857 bits per heavy atom. The monoisotopic (exact) mass is 460 g/mol. The van der Waals surface area contributed by atoms with Crippen LogP contribution >= 0.6 is 0 Å². The maximum atomic E-state index is 8.36. The summed E-state index contributed by atoms with van der Waals surface area (Å²) >= 11 is 0. The second kappa shape index (κ2) is 9.98. The van der Waals surface area contributed by atoms with Gasteiger partial charge < -0.3 is 10.6 Å². The Labute approximate surface area is 203 Å². The Hall–Kier alpha value is -4.82. The normalized spacial score (nSPS) is 15.4. The first kappa shape index (κ1) is 22.0. The second-order valence-corrected chi connectivity index (χ2v) is 7.82. The molecule has 0 bridgehead atoms. The van der Waals surface area contributed by atoms with Crippen LogP contribution in [0.4, 0.5) is 11.4 Å². The number of pyridine rings is 1. The van der Waals surface area contributed by atoms with E-state index < -0.39 is 0 Å². The van der Waals surface area contributed by atoms with Crippen molar-refractivity contribution < 1.29 is 5.01 Å². The van der Waals surface area contributed by atoms with Gasteiger partial charge in [0, 0.05) is 17.3 Å². The van der Waals surface area contributed by atoms with Crippen molar-refractivity contribution in [3.63, 3.8) is 0 Å². The number of guanidine groups is 2. The highest BCUT2D eigenvalue weighted by molar-refractivity contribution is 6.14. The van der Waals surface area contributed by atoms with Gasteiger partial charge in [-0.15, -0.1) is 0 Å². The molecule has 8 nitrogen and oxygen atoms in total. The lowest BCUT2D eigenvalue weighted by Gasteiger charge is -2.31. The third-order valence-corrected chi connectivity index (χ3v) is 5.49. The number of quaternary nitrogens is 1. The van der Waals surface area contributed by atoms with Crippen LogP contribution in [-0.2, 0) is 0 Å². The van der Waals surface area contributed by atoms with E-state index in [0.29, 0.717) is 16.8 Å². The van der Waals surface area contributed by atoms with Gasteiger partial charge in [0.2, 0.25) is 0 Å². The van der Waals surface area contributed by atoms with Gasteiger partial charge in [0.25, 0.3) is 5.96 Å². The molecule has 0 amide bonds. The molecule has 0 fully saturated rings. The van der Waals surface area contributed by atoms with Crippen LogP contribution in [0.2, 0.25) is 0 Å². The topological polar surface area (TPSA) is 109 Å². The molecular formula is C27H24N8. The van der Waals surface area contributed by atoms with Crippen molar-refractivity contribution in [1.82, 2.24) is 4.98 Å². The minimum atomic E-state index is 0.0823. The van der Waals surface area contributed by atoms with Gasteiger partial charge in [0.05, 0.1) is 11.7 Å². The Balaban J connectivity index is 1.30. The smallest absolute Gasteiger partial charge is 0.268 e. The molecule has 0 radical (unpaired) electrons. The second-order valence-electron chi connectivity index (χ2n) is 7.82. The lowest BCUT2D eigenvalue weighted by Crippen LogP contribution is -3.09. The van der Waals surface area contributed by atoms with E-state index in [0.717, 1.165) is 28.2 Å². The molecule has 1 aliphatic rings. The van der Waals surface area contributed by atoms with Crippen LogP contribution in [0.15, 0.2) is 119 Å². The number of benzene rings is 3. The molecule has 4 aromatic rings. The summed E-state index contributed by atoms with van der Waals surface area (Å²) in [5.74, 6) is 0.888. The number of para-hydroxylation sites is 2. The first-order valence-corrected chi connectivity index (χ1v) is 11.2. The van der Waals surface area contributed by atoms with Crippen LogP contribution in [0.25, 0.3) is 16.7 Å². The lowest BCUT2D eigenvalue weighted by molar-refractivity contribution is -0.755. The fourth-order valence-electron chi connectivity index (χ4n) is 3.70. The summed E-state index contributed by atoms with van der Waals surface area (Å²) < 4.78 is 0. The van der Waals surface area contributed by atoms with Gasteiger partial charge in [-0.05, 0) is 23.5 Å². The van der Waals surface area contributed by atoms with Gasteiger partial charge in [0.15, 0.2) is 6.67 Å². The molecule has 3 aromatic carbocycles. The maximum Gasteiger partial charge on any atom is 0.268 e. The summed E-state index contributed by atoms with van der Waals surface area (Å²) in [5.41, 5.74) is 15.4. The fourth-order valence-corrected chi connectivity index (χ4v) is 3.70. The van der Waals surface area contributed by atoms with Crippen molar-refractivity contribution >= 4 is 29.1 Å². The third kappa shape index (κ3) is 4.92. The van der Waals surface area contributed by atoms with E-state index in [-0.39, 0.29) is 12.6 Å². The molecule has 0 saturated heterocycles. The van der Waals surface area contributed by atoms with E-state index in [1.807, 2.05) is 108 Å². The van der Waals surface area contributed by atoms with Gasteiger partial charge >= 0.3 is 0 Å². The van der Waals surface area contributed by atoms with Gasteiger partial charge in [0.1, 0.15) is 5.84 Å². The van der Waals surface area contributed by atoms with E-state index in [4.69, 9.17) is 11.1 Å². The standard InChI is InChI=1S/C27H24N8/c28-25(21-16-14-20(15-17-21)24-13-7-8-18-30-24)31-19-34-26(29)32-27(33-34)35(22-9-3-1-4-10-22)23-11-5-2-6-12-23/h1-18,34H,19H2,(H3-,28,29,31,32,33). The maximum absolute atomic E-state index is 8.36. The number of hydrogen-bond acceptors (Lipinski definition) is 4. The number of hydrogen-bond donors (Lipinski definition) is 3. The quantitative estimate of drug-likeness (QED) is 0.301. The zero-order valence-corrected chi connectivity index (χ0v) is 18.9. The predicted octanol–water partition coefficient (Wildman–Crippen LogP) is 3.73. The third-order valence-electron chi connectivity index (χ3n) is 5.49. The van der Waals surface area contributed by atoms with Gasteiger partial charge in [-0.2, -0.15) is 10.4 Å². The zero-order valence-electron chi connectivity index (χ0n) is 18.9. The number of rotatable bonds is 6. The molecule has 5 rings (SSSR count). The minimum Gasteiger partial charge on any atom is -0.383 e. The number of aromatic nitrogens is 1. The Morgan fingerprint density at radius 3 is 2.09 bits per heavy atom. The Kier molecular flexibility index (Phi) is 6.27. The molecule has 4 N–H and O–H groups in total. The van der Waals surface area contributed by atoms with Crippen molar-refractivity contribution in [2.24, 2.45) is 15.7 Å². The Morgan fingerprint density at radius 2 is 1.49 bits per heavy atom. The molecule has 0 spiro atoms. The summed E-state index contributed by atoms with van der Waals surface area (Å²) in [7, 11) is 0. The van der Waals surface area contributed by atoms with E-state index >= 15 is 0 Å². The average Bonchev–Trinajstić information content (AvgIpc) is 3.29. The highest BCUT2D eigenvalue weighted by atomic mass is 15.7. The molecule has 0 aliphatic carbocycles. The van der Waals surface area contributed by atoms with Crippen LogP contribution in [0.5, 0.6) is 0 Å². The lowest BCUT2D eigenvalue weighted by atomic mass is 10.1. The molecule has 1 aliphatic heterocycles. The van der Waals surface area contributed by atoms with Crippen molar-refractivity contribution in [2.45, 2.75) is 0 Å². The van der Waals surface area contributed by atoms with Crippen LogP contribution in [-0.4, -0.2) is 29.4 Å². The highest BCUT2D eigenvalue weighted by Gasteiger charge is 2.23. The molecule has 1 unspecified atom stereocenters. The minimum absolute atomic E-state index is 0.0823. The average molecular weight is 461 g/mol. The van der Waals surface area contributed by atoms with Crippen molar-refractivity contribution in [3.05, 3.63) is 120 Å².